The molecule has 2 rings (SSSR count). The fourth-order valence-corrected chi connectivity index (χ4v) is 2.95. The highest BCUT2D eigenvalue weighted by molar-refractivity contribution is 7.98. The predicted molar refractivity (Wildman–Crippen MR) is 113 cm³/mol. The molecule has 29 heavy (non-hydrogen) atoms. The van der Waals surface area contributed by atoms with Crippen molar-refractivity contribution in [2.45, 2.75) is 25.5 Å². The van der Waals surface area contributed by atoms with E-state index in [0.29, 0.717) is 38.3 Å². The molecule has 1 heterocycles. The quantitative estimate of drug-likeness (QED) is 0.457. The molecule has 0 fully saturated rings. The van der Waals surface area contributed by atoms with Crippen molar-refractivity contribution in [3.05, 3.63) is 54.5 Å². The molecule has 2 aromatic rings. The van der Waals surface area contributed by atoms with Gasteiger partial charge >= 0.3 is 0 Å². The Kier molecular flexibility index (Phi) is 10.8. The topological polar surface area (TPSA) is 89.8 Å². The van der Waals surface area contributed by atoms with Crippen LogP contribution in [0, 0.1) is 0 Å². The Morgan fingerprint density at radius 2 is 2.00 bits per heavy atom. The molecule has 0 aliphatic rings. The lowest BCUT2D eigenvalue weighted by Gasteiger charge is -2.18. The van der Waals surface area contributed by atoms with Gasteiger partial charge in [-0.1, -0.05) is 18.2 Å². The maximum absolute atomic E-state index is 12.4. The molecule has 1 atom stereocenters. The second-order valence-electron chi connectivity index (χ2n) is 6.28. The summed E-state index contributed by atoms with van der Waals surface area (Å²) in [6.45, 7) is 1.26. The van der Waals surface area contributed by atoms with Gasteiger partial charge in [-0.25, -0.2) is 0 Å². The molecule has 1 aromatic carbocycles. The van der Waals surface area contributed by atoms with Crippen LogP contribution in [0.3, 0.4) is 0 Å². The van der Waals surface area contributed by atoms with E-state index < -0.39 is 6.04 Å². The van der Waals surface area contributed by atoms with Gasteiger partial charge in [0.15, 0.2) is 6.61 Å². The number of amides is 2. The van der Waals surface area contributed by atoms with Gasteiger partial charge in [-0.3, -0.25) is 9.59 Å². The Morgan fingerprint density at radius 1 is 1.17 bits per heavy atom. The van der Waals surface area contributed by atoms with Crippen LogP contribution in [0.15, 0.2) is 53.1 Å². The maximum atomic E-state index is 12.4. The highest BCUT2D eigenvalue weighted by Crippen LogP contribution is 2.08. The first-order valence-corrected chi connectivity index (χ1v) is 10.9. The van der Waals surface area contributed by atoms with Crippen molar-refractivity contribution in [1.82, 2.24) is 10.6 Å². The first-order chi connectivity index (χ1) is 14.2. The van der Waals surface area contributed by atoms with E-state index in [9.17, 15) is 9.59 Å². The van der Waals surface area contributed by atoms with Crippen molar-refractivity contribution >= 4 is 23.6 Å². The summed E-state index contributed by atoms with van der Waals surface area (Å²) in [5.74, 6) is 1.63. The van der Waals surface area contributed by atoms with Crippen molar-refractivity contribution < 1.29 is 23.5 Å². The minimum Gasteiger partial charge on any atom is -0.484 e. The number of ether oxygens (including phenoxy) is 2. The van der Waals surface area contributed by atoms with E-state index in [1.165, 1.54) is 0 Å². The van der Waals surface area contributed by atoms with Gasteiger partial charge in [-0.15, -0.1) is 0 Å². The number of carbonyl (C=O) groups is 2. The van der Waals surface area contributed by atoms with E-state index in [-0.39, 0.29) is 18.4 Å². The molecule has 0 aliphatic carbocycles. The SMILES string of the molecule is CSCCC(NC(=O)COc1ccccc1)C(=O)NCCCOCc1ccco1. The fraction of sp³-hybridized carbons (Fsp3) is 0.429. The molecule has 1 aromatic heterocycles. The van der Waals surface area contributed by atoms with E-state index in [2.05, 4.69) is 10.6 Å². The Hall–Kier alpha value is -2.45. The van der Waals surface area contributed by atoms with Crippen LogP contribution < -0.4 is 15.4 Å². The molecule has 158 valence electrons. The minimum absolute atomic E-state index is 0.131. The van der Waals surface area contributed by atoms with Gasteiger partial charge in [-0.2, -0.15) is 11.8 Å². The van der Waals surface area contributed by atoms with Gasteiger partial charge in [0, 0.05) is 13.2 Å². The lowest BCUT2D eigenvalue weighted by Crippen LogP contribution is -2.48. The van der Waals surface area contributed by atoms with Gasteiger partial charge < -0.3 is 24.5 Å². The molecule has 0 aliphatic heterocycles. The lowest BCUT2D eigenvalue weighted by molar-refractivity contribution is -0.130. The van der Waals surface area contributed by atoms with Crippen LogP contribution in [0.4, 0.5) is 0 Å². The molecule has 0 bridgehead atoms. The van der Waals surface area contributed by atoms with Gasteiger partial charge in [0.05, 0.1) is 6.26 Å². The van der Waals surface area contributed by atoms with Crippen molar-refractivity contribution in [3.8, 4) is 5.75 Å². The Balaban J connectivity index is 1.66. The third-order valence-electron chi connectivity index (χ3n) is 3.96. The summed E-state index contributed by atoms with van der Waals surface area (Å²) in [5, 5.41) is 5.62. The monoisotopic (exact) mass is 420 g/mol. The second-order valence-corrected chi connectivity index (χ2v) is 7.27. The Bertz CT molecular complexity index is 709. The Morgan fingerprint density at radius 3 is 2.72 bits per heavy atom. The van der Waals surface area contributed by atoms with Crippen LogP contribution in [0.2, 0.25) is 0 Å². The number of hydrogen-bond acceptors (Lipinski definition) is 6. The van der Waals surface area contributed by atoms with Gasteiger partial charge in [0.1, 0.15) is 24.2 Å². The summed E-state index contributed by atoms with van der Waals surface area (Å²) in [4.78, 5) is 24.6. The summed E-state index contributed by atoms with van der Waals surface area (Å²) in [7, 11) is 0. The standard InChI is InChI=1S/C21H28N2O5S/c1-29-14-10-19(23-20(24)16-28-17-7-3-2-4-8-17)21(25)22-11-6-12-26-15-18-9-5-13-27-18/h2-5,7-9,13,19H,6,10-12,14-16H2,1H3,(H,22,25)(H,23,24). The first-order valence-electron chi connectivity index (χ1n) is 9.53. The number of carbonyl (C=O) groups excluding carboxylic acids is 2. The molecular formula is C21H28N2O5S. The number of nitrogens with one attached hydrogen (secondary N) is 2. The molecule has 2 amide bonds. The van der Waals surface area contributed by atoms with Crippen LogP contribution in [-0.4, -0.2) is 49.6 Å². The van der Waals surface area contributed by atoms with Crippen LogP contribution in [0.25, 0.3) is 0 Å². The van der Waals surface area contributed by atoms with Crippen LogP contribution in [0.5, 0.6) is 5.75 Å². The summed E-state index contributed by atoms with van der Waals surface area (Å²) >= 11 is 1.63. The molecule has 1 unspecified atom stereocenters. The number of furan rings is 1. The third-order valence-corrected chi connectivity index (χ3v) is 4.61. The largest absolute Gasteiger partial charge is 0.484 e. The number of hydrogen-bond donors (Lipinski definition) is 2. The summed E-state index contributed by atoms with van der Waals surface area (Å²) in [6, 6.07) is 12.2. The molecule has 8 heteroatoms. The summed E-state index contributed by atoms with van der Waals surface area (Å²) < 4.78 is 16.1. The van der Waals surface area contributed by atoms with E-state index in [1.54, 1.807) is 30.2 Å². The van der Waals surface area contributed by atoms with E-state index in [4.69, 9.17) is 13.9 Å². The fourth-order valence-electron chi connectivity index (χ4n) is 2.48. The van der Waals surface area contributed by atoms with Crippen LogP contribution in [-0.2, 0) is 20.9 Å². The minimum atomic E-state index is -0.585. The number of thioether (sulfide) groups is 1. The maximum Gasteiger partial charge on any atom is 0.258 e. The lowest BCUT2D eigenvalue weighted by atomic mass is 10.2. The number of rotatable bonds is 14. The summed E-state index contributed by atoms with van der Waals surface area (Å²) in [5.41, 5.74) is 0. The molecule has 0 saturated heterocycles. The average Bonchev–Trinajstić information content (AvgIpc) is 3.26. The average molecular weight is 421 g/mol. The van der Waals surface area contributed by atoms with E-state index >= 15 is 0 Å². The van der Waals surface area contributed by atoms with Crippen LogP contribution in [0.1, 0.15) is 18.6 Å². The molecule has 0 spiro atoms. The Labute approximate surface area is 175 Å². The molecule has 0 saturated carbocycles. The first kappa shape index (κ1) is 22.8. The molecule has 0 radical (unpaired) electrons. The molecule has 2 N–H and O–H groups in total. The van der Waals surface area contributed by atoms with Gasteiger partial charge in [0.2, 0.25) is 5.91 Å². The van der Waals surface area contributed by atoms with Crippen molar-refractivity contribution in [2.24, 2.45) is 0 Å². The number of benzene rings is 1. The number of para-hydroxylation sites is 1. The zero-order valence-electron chi connectivity index (χ0n) is 16.6. The highest BCUT2D eigenvalue weighted by atomic mass is 32.2. The predicted octanol–water partition coefficient (Wildman–Crippen LogP) is 2.62. The van der Waals surface area contributed by atoms with Crippen LogP contribution >= 0.6 is 11.8 Å². The zero-order chi connectivity index (χ0) is 20.7. The van der Waals surface area contributed by atoms with Crippen molar-refractivity contribution in [3.63, 3.8) is 0 Å². The zero-order valence-corrected chi connectivity index (χ0v) is 17.4. The smallest absolute Gasteiger partial charge is 0.258 e. The van der Waals surface area contributed by atoms with Crippen molar-refractivity contribution in [2.75, 3.05) is 31.8 Å². The van der Waals surface area contributed by atoms with Crippen molar-refractivity contribution in [1.29, 1.82) is 0 Å². The summed E-state index contributed by atoms with van der Waals surface area (Å²) in [6.07, 6.45) is 4.80. The van der Waals surface area contributed by atoms with Gasteiger partial charge in [0.25, 0.3) is 5.91 Å². The normalized spacial score (nSPS) is 11.6. The second kappa shape index (κ2) is 13.7. The van der Waals surface area contributed by atoms with E-state index in [0.717, 1.165) is 11.5 Å². The van der Waals surface area contributed by atoms with Gasteiger partial charge in [-0.05, 0) is 49.1 Å². The third kappa shape index (κ3) is 9.54. The highest BCUT2D eigenvalue weighted by Gasteiger charge is 2.20. The molecule has 7 nitrogen and oxygen atoms in total. The van der Waals surface area contributed by atoms with E-state index in [1.807, 2.05) is 36.6 Å². The molecular weight excluding hydrogens is 392 g/mol.